The Kier molecular flexibility index (Phi) is 3.32. The van der Waals surface area contributed by atoms with Gasteiger partial charge >= 0.3 is 5.97 Å². The highest BCUT2D eigenvalue weighted by Crippen LogP contribution is 2.34. The number of pyridine rings is 1. The van der Waals surface area contributed by atoms with E-state index in [-0.39, 0.29) is 10.7 Å². The first-order chi connectivity index (χ1) is 9.65. The lowest BCUT2D eigenvalue weighted by Crippen LogP contribution is -2.25. The maximum atomic E-state index is 11.1. The third-order valence-electron chi connectivity index (χ3n) is 3.57. The second kappa shape index (κ2) is 5.13. The molecule has 1 aliphatic rings. The minimum Gasteiger partial charge on any atom is -0.478 e. The molecule has 2 N–H and O–H groups in total. The number of rotatable bonds is 4. The molecule has 0 saturated heterocycles. The molecule has 20 heavy (non-hydrogen) atoms. The maximum absolute atomic E-state index is 11.1. The molecule has 1 heterocycles. The van der Waals surface area contributed by atoms with E-state index in [2.05, 4.69) is 22.4 Å². The van der Waals surface area contributed by atoms with Crippen LogP contribution in [0.25, 0.3) is 0 Å². The van der Waals surface area contributed by atoms with Gasteiger partial charge in [0.2, 0.25) is 0 Å². The summed E-state index contributed by atoms with van der Waals surface area (Å²) in [5.41, 5.74) is 2.82. The summed E-state index contributed by atoms with van der Waals surface area (Å²) in [6, 6.07) is 11.2. The van der Waals surface area contributed by atoms with Gasteiger partial charge in [-0.05, 0) is 29.7 Å². The Morgan fingerprint density at radius 3 is 2.90 bits per heavy atom. The van der Waals surface area contributed by atoms with Crippen molar-refractivity contribution in [3.63, 3.8) is 0 Å². The van der Waals surface area contributed by atoms with Gasteiger partial charge in [-0.1, -0.05) is 35.9 Å². The van der Waals surface area contributed by atoms with Crippen LogP contribution in [0.4, 0.5) is 5.82 Å². The average Bonchev–Trinajstić information content (AvgIpc) is 2.39. The fraction of sp³-hybridized carbons (Fsp3) is 0.200. The van der Waals surface area contributed by atoms with E-state index in [1.54, 1.807) is 0 Å². The van der Waals surface area contributed by atoms with E-state index in [9.17, 15) is 4.79 Å². The number of aromatic nitrogens is 1. The molecule has 1 aromatic carbocycles. The van der Waals surface area contributed by atoms with E-state index in [4.69, 9.17) is 16.7 Å². The van der Waals surface area contributed by atoms with Gasteiger partial charge in [-0.2, -0.15) is 0 Å². The molecule has 0 amide bonds. The Morgan fingerprint density at radius 2 is 2.15 bits per heavy atom. The SMILES string of the molecule is O=C(O)c1ccc(Cl)nc1NCC1Cc2ccccc21. The number of nitrogens with zero attached hydrogens (tertiary/aromatic N) is 1. The van der Waals surface area contributed by atoms with Gasteiger partial charge in [0.05, 0.1) is 0 Å². The second-order valence-corrected chi connectivity index (χ2v) is 5.20. The van der Waals surface area contributed by atoms with Crippen LogP contribution in [0.3, 0.4) is 0 Å². The number of hydrogen-bond donors (Lipinski definition) is 2. The monoisotopic (exact) mass is 288 g/mol. The lowest BCUT2D eigenvalue weighted by atomic mass is 9.77. The predicted octanol–water partition coefficient (Wildman–Crippen LogP) is 3.19. The first-order valence-corrected chi connectivity index (χ1v) is 6.74. The van der Waals surface area contributed by atoms with Crippen LogP contribution < -0.4 is 5.32 Å². The van der Waals surface area contributed by atoms with E-state index in [1.165, 1.54) is 23.3 Å². The molecule has 1 unspecified atom stereocenters. The summed E-state index contributed by atoms with van der Waals surface area (Å²) in [5.74, 6) is -0.284. The van der Waals surface area contributed by atoms with Gasteiger partial charge in [-0.15, -0.1) is 0 Å². The van der Waals surface area contributed by atoms with Crippen LogP contribution in [0.2, 0.25) is 5.15 Å². The molecule has 1 aromatic heterocycles. The number of hydrogen-bond acceptors (Lipinski definition) is 3. The van der Waals surface area contributed by atoms with E-state index >= 15 is 0 Å². The Balaban J connectivity index is 1.74. The average molecular weight is 289 g/mol. The molecular formula is C15H13ClN2O2. The van der Waals surface area contributed by atoms with Crippen molar-refractivity contribution >= 4 is 23.4 Å². The van der Waals surface area contributed by atoms with Crippen LogP contribution in [-0.2, 0) is 6.42 Å². The zero-order chi connectivity index (χ0) is 14.1. The van der Waals surface area contributed by atoms with E-state index in [1.807, 2.05) is 12.1 Å². The number of carbonyl (C=O) groups is 1. The minimum absolute atomic E-state index is 0.141. The zero-order valence-electron chi connectivity index (χ0n) is 10.6. The smallest absolute Gasteiger partial charge is 0.339 e. The van der Waals surface area contributed by atoms with Crippen LogP contribution in [-0.4, -0.2) is 22.6 Å². The van der Waals surface area contributed by atoms with Gasteiger partial charge < -0.3 is 10.4 Å². The first kappa shape index (κ1) is 12.9. The molecule has 0 radical (unpaired) electrons. The molecule has 0 spiro atoms. The molecule has 4 nitrogen and oxygen atoms in total. The highest BCUT2D eigenvalue weighted by atomic mass is 35.5. The zero-order valence-corrected chi connectivity index (χ0v) is 11.4. The Morgan fingerprint density at radius 1 is 1.35 bits per heavy atom. The maximum Gasteiger partial charge on any atom is 0.339 e. The van der Waals surface area contributed by atoms with Crippen LogP contribution >= 0.6 is 11.6 Å². The number of carboxylic acid groups (broad SMARTS) is 1. The van der Waals surface area contributed by atoms with Gasteiger partial charge in [0.25, 0.3) is 0 Å². The first-order valence-electron chi connectivity index (χ1n) is 6.36. The largest absolute Gasteiger partial charge is 0.478 e. The third kappa shape index (κ3) is 2.34. The molecule has 102 valence electrons. The van der Waals surface area contributed by atoms with Crippen molar-refractivity contribution in [3.8, 4) is 0 Å². The second-order valence-electron chi connectivity index (χ2n) is 4.82. The quantitative estimate of drug-likeness (QED) is 0.848. The summed E-state index contributed by atoms with van der Waals surface area (Å²) in [5, 5.41) is 12.5. The standard InChI is InChI=1S/C15H13ClN2O2/c16-13-6-5-12(15(19)20)14(18-13)17-8-10-7-9-3-1-2-4-11(9)10/h1-6,10H,7-8H2,(H,17,18)(H,19,20). The number of fused-ring (bicyclic) bond motifs is 1. The van der Waals surface area contributed by atoms with Crippen molar-refractivity contribution in [2.24, 2.45) is 0 Å². The summed E-state index contributed by atoms with van der Waals surface area (Å²) >= 11 is 5.82. The van der Waals surface area contributed by atoms with Crippen molar-refractivity contribution in [1.29, 1.82) is 0 Å². The summed E-state index contributed by atoms with van der Waals surface area (Å²) in [7, 11) is 0. The number of anilines is 1. The highest BCUT2D eigenvalue weighted by Gasteiger charge is 2.25. The molecule has 0 aliphatic heterocycles. The Hall–Kier alpha value is -2.07. The predicted molar refractivity (Wildman–Crippen MR) is 77.6 cm³/mol. The van der Waals surface area contributed by atoms with Crippen molar-refractivity contribution in [2.75, 3.05) is 11.9 Å². The van der Waals surface area contributed by atoms with Crippen molar-refractivity contribution in [2.45, 2.75) is 12.3 Å². The van der Waals surface area contributed by atoms with Gasteiger partial charge in [-0.25, -0.2) is 9.78 Å². The molecule has 2 aromatic rings. The number of halogens is 1. The molecule has 1 atom stereocenters. The fourth-order valence-electron chi connectivity index (χ4n) is 2.51. The lowest BCUT2D eigenvalue weighted by Gasteiger charge is -2.30. The summed E-state index contributed by atoms with van der Waals surface area (Å²) in [6.45, 7) is 0.657. The molecule has 0 fully saturated rings. The van der Waals surface area contributed by atoms with E-state index in [0.717, 1.165) is 6.42 Å². The normalized spacial score (nSPS) is 16.1. The van der Waals surface area contributed by atoms with Crippen molar-refractivity contribution < 1.29 is 9.90 Å². The van der Waals surface area contributed by atoms with E-state index in [0.29, 0.717) is 18.3 Å². The molecule has 3 rings (SSSR count). The van der Waals surface area contributed by atoms with Crippen molar-refractivity contribution in [1.82, 2.24) is 4.98 Å². The van der Waals surface area contributed by atoms with Crippen LogP contribution in [0.1, 0.15) is 27.4 Å². The van der Waals surface area contributed by atoms with Crippen molar-refractivity contribution in [3.05, 3.63) is 58.2 Å². The molecular weight excluding hydrogens is 276 g/mol. The van der Waals surface area contributed by atoms with E-state index < -0.39 is 5.97 Å². The van der Waals surface area contributed by atoms with Gasteiger partial charge in [-0.3, -0.25) is 0 Å². The van der Waals surface area contributed by atoms with Gasteiger partial charge in [0.1, 0.15) is 16.5 Å². The highest BCUT2D eigenvalue weighted by molar-refractivity contribution is 6.29. The van der Waals surface area contributed by atoms with Crippen LogP contribution in [0.5, 0.6) is 0 Å². The van der Waals surface area contributed by atoms with Crippen LogP contribution in [0, 0.1) is 0 Å². The number of carboxylic acids is 1. The molecule has 1 aliphatic carbocycles. The molecule has 5 heteroatoms. The number of nitrogens with one attached hydrogen (secondary N) is 1. The summed E-state index contributed by atoms with van der Waals surface area (Å²) in [4.78, 5) is 15.2. The Bertz CT molecular complexity index is 673. The third-order valence-corrected chi connectivity index (χ3v) is 3.78. The summed E-state index contributed by atoms with van der Waals surface area (Å²) < 4.78 is 0. The minimum atomic E-state index is -1.01. The number of benzene rings is 1. The number of aromatic carboxylic acids is 1. The Labute approximate surface area is 121 Å². The van der Waals surface area contributed by atoms with Gasteiger partial charge in [0, 0.05) is 12.5 Å². The molecule has 0 bridgehead atoms. The van der Waals surface area contributed by atoms with Crippen LogP contribution in [0.15, 0.2) is 36.4 Å². The molecule has 0 saturated carbocycles. The summed E-state index contributed by atoms with van der Waals surface area (Å²) in [6.07, 6.45) is 1.01. The lowest BCUT2D eigenvalue weighted by molar-refractivity contribution is 0.0697. The van der Waals surface area contributed by atoms with Gasteiger partial charge in [0.15, 0.2) is 0 Å². The topological polar surface area (TPSA) is 62.2 Å². The fourth-order valence-corrected chi connectivity index (χ4v) is 2.65.